The Kier molecular flexibility index (Phi) is 4.84. The van der Waals surface area contributed by atoms with Crippen molar-refractivity contribution in [1.29, 1.82) is 0 Å². The third kappa shape index (κ3) is 4.09. The number of aryl methyl sites for hydroxylation is 2. The van der Waals surface area contributed by atoms with Gasteiger partial charge in [-0.25, -0.2) is 0 Å². The molecule has 0 spiro atoms. The topological polar surface area (TPSA) is 35.2 Å². The molecule has 3 heteroatoms. The van der Waals surface area contributed by atoms with Gasteiger partial charge in [0.05, 0.1) is 0 Å². The highest BCUT2D eigenvalue weighted by atomic mass is 79.9. The number of rotatable bonds is 4. The summed E-state index contributed by atoms with van der Waals surface area (Å²) in [6.07, 6.45) is 0.799. The lowest BCUT2D eigenvalue weighted by Crippen LogP contribution is -2.18. The number of nitrogens with two attached hydrogens (primary N) is 1. The molecule has 106 valence electrons. The minimum atomic E-state index is 0.109. The quantitative estimate of drug-likeness (QED) is 0.876. The normalized spacial score (nSPS) is 12.2. The van der Waals surface area contributed by atoms with E-state index in [9.17, 15) is 0 Å². The molecule has 20 heavy (non-hydrogen) atoms. The number of benzene rings is 2. The fourth-order valence-electron chi connectivity index (χ4n) is 2.26. The first-order valence-corrected chi connectivity index (χ1v) is 7.53. The third-order valence-electron chi connectivity index (χ3n) is 2.99. The molecular weight excluding hydrogens is 314 g/mol. The summed E-state index contributed by atoms with van der Waals surface area (Å²) in [7, 11) is 0. The molecule has 0 aliphatic heterocycles. The average molecular weight is 334 g/mol. The van der Waals surface area contributed by atoms with Crippen molar-refractivity contribution < 1.29 is 4.74 Å². The Morgan fingerprint density at radius 2 is 1.75 bits per heavy atom. The van der Waals surface area contributed by atoms with Gasteiger partial charge in [0.15, 0.2) is 0 Å². The van der Waals surface area contributed by atoms with Gasteiger partial charge in [0.25, 0.3) is 0 Å². The minimum Gasteiger partial charge on any atom is -0.457 e. The SMILES string of the molecule is Cc1cc(C)cc(Oc2cc(Br)ccc2CC(C)N)c1. The van der Waals surface area contributed by atoms with Crippen molar-refractivity contribution in [3.05, 3.63) is 57.6 Å². The number of halogens is 1. The summed E-state index contributed by atoms with van der Waals surface area (Å²) in [6, 6.07) is 12.4. The van der Waals surface area contributed by atoms with Crippen LogP contribution >= 0.6 is 15.9 Å². The second kappa shape index (κ2) is 6.42. The van der Waals surface area contributed by atoms with Gasteiger partial charge in [-0.3, -0.25) is 0 Å². The van der Waals surface area contributed by atoms with Crippen LogP contribution in [0.1, 0.15) is 23.6 Å². The van der Waals surface area contributed by atoms with Gasteiger partial charge in [0.1, 0.15) is 11.5 Å². The molecule has 0 aromatic heterocycles. The summed E-state index contributed by atoms with van der Waals surface area (Å²) in [5.41, 5.74) is 9.43. The Hall–Kier alpha value is -1.32. The summed E-state index contributed by atoms with van der Waals surface area (Å²) in [5.74, 6) is 1.73. The highest BCUT2D eigenvalue weighted by Gasteiger charge is 2.09. The predicted octanol–water partition coefficient (Wildman–Crippen LogP) is 4.75. The highest BCUT2D eigenvalue weighted by molar-refractivity contribution is 9.10. The van der Waals surface area contributed by atoms with Gasteiger partial charge in [-0.05, 0) is 68.1 Å². The molecule has 1 unspecified atom stereocenters. The van der Waals surface area contributed by atoms with Gasteiger partial charge in [-0.2, -0.15) is 0 Å². The summed E-state index contributed by atoms with van der Waals surface area (Å²) in [5, 5.41) is 0. The lowest BCUT2D eigenvalue weighted by molar-refractivity contribution is 0.472. The molecule has 0 heterocycles. The minimum absolute atomic E-state index is 0.109. The van der Waals surface area contributed by atoms with E-state index in [0.717, 1.165) is 28.0 Å². The molecule has 0 saturated carbocycles. The number of hydrogen-bond acceptors (Lipinski definition) is 2. The van der Waals surface area contributed by atoms with Gasteiger partial charge >= 0.3 is 0 Å². The molecule has 2 aromatic rings. The van der Waals surface area contributed by atoms with Crippen molar-refractivity contribution >= 4 is 15.9 Å². The highest BCUT2D eigenvalue weighted by Crippen LogP contribution is 2.30. The van der Waals surface area contributed by atoms with Gasteiger partial charge in [-0.1, -0.05) is 28.1 Å². The van der Waals surface area contributed by atoms with Crippen LogP contribution in [0.2, 0.25) is 0 Å². The second-order valence-corrected chi connectivity index (χ2v) is 6.27. The Balaban J connectivity index is 2.33. The molecule has 0 radical (unpaired) electrons. The summed E-state index contributed by atoms with van der Waals surface area (Å²) in [4.78, 5) is 0. The smallest absolute Gasteiger partial charge is 0.131 e. The zero-order valence-corrected chi connectivity index (χ0v) is 13.7. The maximum atomic E-state index is 6.07. The molecule has 0 amide bonds. The molecule has 0 aliphatic carbocycles. The lowest BCUT2D eigenvalue weighted by atomic mass is 10.1. The summed E-state index contributed by atoms with van der Waals surface area (Å²) >= 11 is 3.49. The lowest BCUT2D eigenvalue weighted by Gasteiger charge is -2.14. The van der Waals surface area contributed by atoms with Crippen LogP contribution in [0.25, 0.3) is 0 Å². The van der Waals surface area contributed by atoms with E-state index in [4.69, 9.17) is 10.5 Å². The molecule has 0 aliphatic rings. The molecule has 0 saturated heterocycles. The fourth-order valence-corrected chi connectivity index (χ4v) is 2.60. The van der Waals surface area contributed by atoms with Crippen molar-refractivity contribution in [3.8, 4) is 11.5 Å². The van der Waals surface area contributed by atoms with Crippen molar-refractivity contribution in [2.75, 3.05) is 0 Å². The predicted molar refractivity (Wildman–Crippen MR) is 87.5 cm³/mol. The van der Waals surface area contributed by atoms with Crippen LogP contribution in [0, 0.1) is 13.8 Å². The third-order valence-corrected chi connectivity index (χ3v) is 3.49. The van der Waals surface area contributed by atoms with E-state index in [1.54, 1.807) is 0 Å². The van der Waals surface area contributed by atoms with Crippen LogP contribution in [0.3, 0.4) is 0 Å². The Bertz CT molecular complexity index is 588. The van der Waals surface area contributed by atoms with E-state index in [1.165, 1.54) is 11.1 Å². The maximum Gasteiger partial charge on any atom is 0.131 e. The Labute approximate surface area is 129 Å². The number of hydrogen-bond donors (Lipinski definition) is 1. The van der Waals surface area contributed by atoms with E-state index in [0.29, 0.717) is 0 Å². The van der Waals surface area contributed by atoms with Crippen molar-refractivity contribution in [3.63, 3.8) is 0 Å². The van der Waals surface area contributed by atoms with Gasteiger partial charge in [0, 0.05) is 10.5 Å². The number of ether oxygens (including phenoxy) is 1. The Morgan fingerprint density at radius 1 is 1.10 bits per heavy atom. The van der Waals surface area contributed by atoms with Crippen LogP contribution < -0.4 is 10.5 Å². The first-order chi connectivity index (χ1) is 9.44. The van der Waals surface area contributed by atoms with E-state index >= 15 is 0 Å². The standard InChI is InChI=1S/C17H20BrNO/c1-11-6-12(2)8-16(7-11)20-17-10-15(18)5-4-14(17)9-13(3)19/h4-8,10,13H,9,19H2,1-3H3. The van der Waals surface area contributed by atoms with Gasteiger partial charge in [-0.15, -0.1) is 0 Å². The first-order valence-electron chi connectivity index (χ1n) is 6.74. The van der Waals surface area contributed by atoms with E-state index < -0.39 is 0 Å². The fraction of sp³-hybridized carbons (Fsp3) is 0.294. The van der Waals surface area contributed by atoms with Crippen molar-refractivity contribution in [2.45, 2.75) is 33.2 Å². The van der Waals surface area contributed by atoms with Crippen LogP contribution in [0.4, 0.5) is 0 Å². The second-order valence-electron chi connectivity index (χ2n) is 5.36. The van der Waals surface area contributed by atoms with E-state index in [-0.39, 0.29) is 6.04 Å². The van der Waals surface area contributed by atoms with E-state index in [1.807, 2.05) is 31.2 Å². The molecule has 2 aromatic carbocycles. The maximum absolute atomic E-state index is 6.07. The molecule has 1 atom stereocenters. The van der Waals surface area contributed by atoms with Crippen molar-refractivity contribution in [1.82, 2.24) is 0 Å². The molecule has 2 rings (SSSR count). The van der Waals surface area contributed by atoms with Crippen LogP contribution in [0.5, 0.6) is 11.5 Å². The Morgan fingerprint density at radius 3 is 2.35 bits per heavy atom. The van der Waals surface area contributed by atoms with Gasteiger partial charge < -0.3 is 10.5 Å². The molecule has 2 N–H and O–H groups in total. The largest absolute Gasteiger partial charge is 0.457 e. The average Bonchev–Trinajstić information content (AvgIpc) is 2.31. The summed E-state index contributed by atoms with van der Waals surface area (Å²) in [6.45, 7) is 6.15. The zero-order valence-electron chi connectivity index (χ0n) is 12.1. The summed E-state index contributed by atoms with van der Waals surface area (Å²) < 4.78 is 7.07. The molecular formula is C17H20BrNO. The molecule has 0 fully saturated rings. The molecule has 0 bridgehead atoms. The van der Waals surface area contributed by atoms with Crippen LogP contribution in [-0.4, -0.2) is 6.04 Å². The van der Waals surface area contributed by atoms with Crippen LogP contribution in [-0.2, 0) is 6.42 Å². The zero-order chi connectivity index (χ0) is 14.7. The van der Waals surface area contributed by atoms with E-state index in [2.05, 4.69) is 41.9 Å². The molecule has 2 nitrogen and oxygen atoms in total. The first kappa shape index (κ1) is 15.1. The van der Waals surface area contributed by atoms with Gasteiger partial charge in [0.2, 0.25) is 0 Å². The van der Waals surface area contributed by atoms with Crippen LogP contribution in [0.15, 0.2) is 40.9 Å². The monoisotopic (exact) mass is 333 g/mol. The van der Waals surface area contributed by atoms with Crippen molar-refractivity contribution in [2.24, 2.45) is 5.73 Å².